The van der Waals surface area contributed by atoms with Crippen molar-refractivity contribution in [2.24, 2.45) is 7.05 Å². The van der Waals surface area contributed by atoms with Gasteiger partial charge in [0, 0.05) is 25.0 Å². The van der Waals surface area contributed by atoms with Crippen molar-refractivity contribution < 1.29 is 0 Å². The van der Waals surface area contributed by atoms with E-state index in [1.54, 1.807) is 6.20 Å². The van der Waals surface area contributed by atoms with E-state index >= 15 is 0 Å². The van der Waals surface area contributed by atoms with Gasteiger partial charge in [0.15, 0.2) is 5.16 Å². The number of halogens is 1. The molecule has 0 amide bonds. The maximum absolute atomic E-state index is 6.01. The second-order valence-electron chi connectivity index (χ2n) is 3.41. The molecule has 16 heavy (non-hydrogen) atoms. The molecule has 2 aromatic rings. The Kier molecular flexibility index (Phi) is 3.16. The summed E-state index contributed by atoms with van der Waals surface area (Å²) in [5, 5.41) is 2.24. The molecule has 0 unspecified atom stereocenters. The molecule has 4 nitrogen and oxygen atoms in total. The van der Waals surface area contributed by atoms with E-state index in [4.69, 9.17) is 11.6 Å². The average Bonchev–Trinajstić information content (AvgIpc) is 2.60. The van der Waals surface area contributed by atoms with Crippen LogP contribution in [0.3, 0.4) is 0 Å². The van der Waals surface area contributed by atoms with Gasteiger partial charge in [-0.25, -0.2) is 15.0 Å². The molecule has 0 atom stereocenters. The van der Waals surface area contributed by atoms with Crippen LogP contribution >= 0.6 is 23.4 Å². The van der Waals surface area contributed by atoms with Crippen LogP contribution in [0.15, 0.2) is 22.6 Å². The average molecular weight is 255 g/mol. The highest BCUT2D eigenvalue weighted by atomic mass is 35.5. The molecule has 2 rings (SSSR count). The number of rotatable bonds is 2. The van der Waals surface area contributed by atoms with Gasteiger partial charge >= 0.3 is 0 Å². The quantitative estimate of drug-likeness (QED) is 0.773. The summed E-state index contributed by atoms with van der Waals surface area (Å²) < 4.78 is 1.94. The molecule has 2 aromatic heterocycles. The number of nitrogens with zero attached hydrogens (tertiary/aromatic N) is 4. The van der Waals surface area contributed by atoms with Crippen molar-refractivity contribution in [3.8, 4) is 0 Å². The van der Waals surface area contributed by atoms with Gasteiger partial charge in [0.2, 0.25) is 0 Å². The molecule has 0 spiro atoms. The van der Waals surface area contributed by atoms with E-state index in [0.717, 1.165) is 15.7 Å². The zero-order valence-electron chi connectivity index (χ0n) is 9.23. The molecule has 0 saturated heterocycles. The van der Waals surface area contributed by atoms with E-state index in [1.807, 2.05) is 31.7 Å². The van der Waals surface area contributed by atoms with Crippen molar-refractivity contribution in [3.63, 3.8) is 0 Å². The van der Waals surface area contributed by atoms with Crippen LogP contribution in [0, 0.1) is 13.8 Å². The highest BCUT2D eigenvalue weighted by Crippen LogP contribution is 2.29. The van der Waals surface area contributed by atoms with Crippen molar-refractivity contribution in [1.29, 1.82) is 0 Å². The smallest absolute Gasteiger partial charge is 0.174 e. The molecule has 2 heterocycles. The summed E-state index contributed by atoms with van der Waals surface area (Å²) >= 11 is 7.50. The molecule has 84 valence electrons. The molecular formula is C10H11ClN4S. The Morgan fingerprint density at radius 2 is 2.06 bits per heavy atom. The molecule has 0 aromatic carbocycles. The number of aryl methyl sites for hydroxylation is 2. The Labute approximate surface area is 103 Å². The molecule has 0 aliphatic heterocycles. The second kappa shape index (κ2) is 4.43. The van der Waals surface area contributed by atoms with Gasteiger partial charge in [-0.2, -0.15) is 0 Å². The summed E-state index contributed by atoms with van der Waals surface area (Å²) in [6.07, 6.45) is 3.65. The fraction of sp³-hybridized carbons (Fsp3) is 0.300. The Morgan fingerprint density at radius 1 is 1.31 bits per heavy atom. The lowest BCUT2D eigenvalue weighted by molar-refractivity contribution is 0.786. The number of imidazole rings is 1. The van der Waals surface area contributed by atoms with Crippen LogP contribution in [-0.2, 0) is 7.05 Å². The predicted molar refractivity (Wildman–Crippen MR) is 63.8 cm³/mol. The van der Waals surface area contributed by atoms with Crippen LogP contribution in [0.25, 0.3) is 0 Å². The summed E-state index contributed by atoms with van der Waals surface area (Å²) in [7, 11) is 1.94. The highest BCUT2D eigenvalue weighted by molar-refractivity contribution is 7.99. The third-order valence-electron chi connectivity index (χ3n) is 2.12. The molecule has 0 aliphatic rings. The van der Waals surface area contributed by atoms with Crippen molar-refractivity contribution >= 4 is 23.4 Å². The topological polar surface area (TPSA) is 43.6 Å². The summed E-state index contributed by atoms with van der Waals surface area (Å²) in [6, 6.07) is 0. The first-order valence-electron chi connectivity index (χ1n) is 4.74. The third-order valence-corrected chi connectivity index (χ3v) is 3.65. The van der Waals surface area contributed by atoms with E-state index in [2.05, 4.69) is 15.0 Å². The standard InChI is InChI=1S/C10H11ClN4S/c1-6-8(11)13-7(2)14-9(6)16-10-12-4-5-15(10)3/h4-5H,1-3H3. The first kappa shape index (κ1) is 11.4. The lowest BCUT2D eigenvalue weighted by Crippen LogP contribution is -1.97. The first-order chi connectivity index (χ1) is 7.58. The molecule has 0 fully saturated rings. The lowest BCUT2D eigenvalue weighted by atomic mass is 10.4. The lowest BCUT2D eigenvalue weighted by Gasteiger charge is -2.06. The Bertz CT molecular complexity index is 524. The van der Waals surface area contributed by atoms with Crippen molar-refractivity contribution in [3.05, 3.63) is 28.9 Å². The summed E-state index contributed by atoms with van der Waals surface area (Å²) in [6.45, 7) is 3.74. The molecule has 0 N–H and O–H groups in total. The fourth-order valence-corrected chi connectivity index (χ4v) is 2.39. The number of hydrogen-bond donors (Lipinski definition) is 0. The number of hydrogen-bond acceptors (Lipinski definition) is 4. The van der Waals surface area contributed by atoms with Crippen LogP contribution in [0.1, 0.15) is 11.4 Å². The van der Waals surface area contributed by atoms with Gasteiger partial charge in [-0.15, -0.1) is 0 Å². The predicted octanol–water partition coefficient (Wildman–Crippen LogP) is 2.63. The van der Waals surface area contributed by atoms with Crippen molar-refractivity contribution in [1.82, 2.24) is 19.5 Å². The van der Waals surface area contributed by atoms with Gasteiger partial charge in [0.25, 0.3) is 0 Å². The zero-order valence-corrected chi connectivity index (χ0v) is 10.8. The van der Waals surface area contributed by atoms with Gasteiger partial charge in [-0.05, 0) is 25.6 Å². The van der Waals surface area contributed by atoms with E-state index < -0.39 is 0 Å². The van der Waals surface area contributed by atoms with E-state index in [0.29, 0.717) is 11.0 Å². The molecule has 0 aliphatic carbocycles. The van der Waals surface area contributed by atoms with Gasteiger partial charge < -0.3 is 4.57 Å². The minimum absolute atomic E-state index is 0.504. The largest absolute Gasteiger partial charge is 0.329 e. The molecule has 0 saturated carbocycles. The summed E-state index contributed by atoms with van der Waals surface area (Å²) in [5.74, 6) is 0.673. The van der Waals surface area contributed by atoms with Crippen molar-refractivity contribution in [2.45, 2.75) is 24.0 Å². The first-order valence-corrected chi connectivity index (χ1v) is 5.93. The molecular weight excluding hydrogens is 244 g/mol. The summed E-state index contributed by atoms with van der Waals surface area (Å²) in [4.78, 5) is 12.7. The third kappa shape index (κ3) is 2.20. The highest BCUT2D eigenvalue weighted by Gasteiger charge is 2.11. The normalized spacial score (nSPS) is 10.8. The van der Waals surface area contributed by atoms with Gasteiger partial charge in [0.1, 0.15) is 16.0 Å². The Hall–Kier alpha value is -1.07. The van der Waals surface area contributed by atoms with E-state index in [1.165, 1.54) is 11.8 Å². The Morgan fingerprint density at radius 3 is 2.69 bits per heavy atom. The summed E-state index contributed by atoms with van der Waals surface area (Å²) in [5.41, 5.74) is 0.889. The van der Waals surface area contributed by atoms with Crippen LogP contribution in [0.5, 0.6) is 0 Å². The molecule has 0 bridgehead atoms. The van der Waals surface area contributed by atoms with Crippen LogP contribution < -0.4 is 0 Å². The van der Waals surface area contributed by atoms with Crippen molar-refractivity contribution in [2.75, 3.05) is 0 Å². The SMILES string of the molecule is Cc1nc(Cl)c(C)c(Sc2nccn2C)n1. The second-order valence-corrected chi connectivity index (χ2v) is 4.73. The number of aromatic nitrogens is 4. The molecule has 6 heteroatoms. The minimum atomic E-state index is 0.504. The van der Waals surface area contributed by atoms with E-state index in [-0.39, 0.29) is 0 Å². The van der Waals surface area contributed by atoms with Crippen LogP contribution in [-0.4, -0.2) is 19.5 Å². The van der Waals surface area contributed by atoms with Crippen LogP contribution in [0.2, 0.25) is 5.15 Å². The Balaban J connectivity index is 2.38. The minimum Gasteiger partial charge on any atom is -0.329 e. The van der Waals surface area contributed by atoms with Gasteiger partial charge in [0.05, 0.1) is 0 Å². The van der Waals surface area contributed by atoms with Crippen LogP contribution in [0.4, 0.5) is 0 Å². The maximum atomic E-state index is 6.01. The zero-order chi connectivity index (χ0) is 11.7. The monoisotopic (exact) mass is 254 g/mol. The fourth-order valence-electron chi connectivity index (χ4n) is 1.21. The van der Waals surface area contributed by atoms with Gasteiger partial charge in [-0.3, -0.25) is 0 Å². The van der Waals surface area contributed by atoms with Gasteiger partial charge in [-0.1, -0.05) is 11.6 Å². The maximum Gasteiger partial charge on any atom is 0.174 e. The molecule has 0 radical (unpaired) electrons. The van der Waals surface area contributed by atoms with E-state index in [9.17, 15) is 0 Å².